The number of benzene rings is 3. The topological polar surface area (TPSA) is 82.1 Å². The number of sulfonamides is 1. The molecule has 2 aliphatic heterocycles. The average Bonchev–Trinajstić information content (AvgIpc) is 3.09. The first-order chi connectivity index (χ1) is 16.4. The van der Waals surface area contributed by atoms with Gasteiger partial charge in [0, 0.05) is 49.5 Å². The van der Waals surface area contributed by atoms with Crippen LogP contribution < -0.4 is 5.32 Å². The molecule has 1 N–H and O–H groups in total. The maximum Gasteiger partial charge on any atom is 0.285 e. The number of nitrogens with zero attached hydrogens (tertiary/aromatic N) is 3. The van der Waals surface area contributed by atoms with Gasteiger partial charge < -0.3 is 10.2 Å². The molecule has 2 aliphatic rings. The van der Waals surface area contributed by atoms with Gasteiger partial charge >= 0.3 is 0 Å². The Hall–Kier alpha value is -3.49. The first kappa shape index (κ1) is 22.3. The molecule has 3 aromatic carbocycles. The zero-order valence-electron chi connectivity index (χ0n) is 18.9. The predicted octanol–water partition coefficient (Wildman–Crippen LogP) is 3.51. The summed E-state index contributed by atoms with van der Waals surface area (Å²) in [5.41, 5.74) is 4.38. The first-order valence-corrected chi connectivity index (χ1v) is 12.7. The number of carbonyl (C=O) groups is 1. The Morgan fingerprint density at radius 2 is 1.68 bits per heavy atom. The van der Waals surface area contributed by atoms with E-state index in [2.05, 4.69) is 45.8 Å². The van der Waals surface area contributed by atoms with Crippen LogP contribution in [0.5, 0.6) is 0 Å². The Kier molecular flexibility index (Phi) is 5.93. The van der Waals surface area contributed by atoms with E-state index < -0.39 is 10.0 Å². The molecule has 34 heavy (non-hydrogen) atoms. The fraction of sp³-hybridized carbons (Fsp3) is 0.231. The largest absolute Gasteiger partial charge is 0.339 e. The Morgan fingerprint density at radius 1 is 0.941 bits per heavy atom. The minimum absolute atomic E-state index is 0.00730. The monoisotopic (exact) mass is 474 g/mol. The smallest absolute Gasteiger partial charge is 0.285 e. The van der Waals surface area contributed by atoms with E-state index in [4.69, 9.17) is 0 Å². The summed E-state index contributed by atoms with van der Waals surface area (Å²) in [5, 5.41) is 3.07. The number of anilines is 1. The van der Waals surface area contributed by atoms with Crippen molar-refractivity contribution in [3.05, 3.63) is 95.1 Å². The van der Waals surface area contributed by atoms with Gasteiger partial charge in [0.05, 0.1) is 0 Å². The normalized spacial score (nSPS) is 17.2. The number of rotatable bonds is 4. The second kappa shape index (κ2) is 9.04. The van der Waals surface area contributed by atoms with Gasteiger partial charge in [-0.1, -0.05) is 42.0 Å². The molecule has 0 unspecified atom stereocenters. The number of aryl methyl sites for hydroxylation is 1. The second-order valence-corrected chi connectivity index (χ2v) is 10.2. The lowest BCUT2D eigenvalue weighted by atomic mass is 10.1. The lowest BCUT2D eigenvalue weighted by Gasteiger charge is -2.34. The third kappa shape index (κ3) is 4.60. The van der Waals surface area contributed by atoms with Gasteiger partial charge in [0.1, 0.15) is 4.90 Å². The Bertz CT molecular complexity index is 1360. The molecular formula is C26H26N4O3S. The molecule has 0 bridgehead atoms. The maximum absolute atomic E-state index is 13.0. The van der Waals surface area contributed by atoms with E-state index in [0.717, 1.165) is 19.6 Å². The van der Waals surface area contributed by atoms with Gasteiger partial charge in [0.25, 0.3) is 15.9 Å². The minimum atomic E-state index is -3.68. The molecule has 1 fully saturated rings. The van der Waals surface area contributed by atoms with Crippen molar-refractivity contribution in [1.82, 2.24) is 9.80 Å². The first-order valence-electron chi connectivity index (χ1n) is 11.3. The standard InChI is InChI=1S/C26H26N4O3S/c1-19-5-4-6-20(17-19)18-29-13-15-30(16-14-29)26(31)21-9-11-22(12-10-21)27-25-23-7-2-3-8-24(23)34(32,33)28-25/h2-12,17H,13-16,18H2,1H3,(H,27,28). The van der Waals surface area contributed by atoms with E-state index in [0.29, 0.717) is 35.7 Å². The van der Waals surface area contributed by atoms with Crippen LogP contribution >= 0.6 is 0 Å². The summed E-state index contributed by atoms with van der Waals surface area (Å²) < 4.78 is 28.3. The fourth-order valence-corrected chi connectivity index (χ4v) is 5.56. The molecule has 0 saturated carbocycles. The molecule has 2 heterocycles. The van der Waals surface area contributed by atoms with Gasteiger partial charge in [-0.2, -0.15) is 8.42 Å². The van der Waals surface area contributed by atoms with Gasteiger partial charge in [0.2, 0.25) is 0 Å². The molecule has 0 spiro atoms. The molecule has 0 aromatic heterocycles. The number of fused-ring (bicyclic) bond motifs is 1. The van der Waals surface area contributed by atoms with Crippen LogP contribution in [-0.2, 0) is 16.6 Å². The fourth-order valence-electron chi connectivity index (χ4n) is 4.39. The Balaban J connectivity index is 1.20. The number of amides is 1. The van der Waals surface area contributed by atoms with Crippen LogP contribution in [-0.4, -0.2) is 56.1 Å². The lowest BCUT2D eigenvalue weighted by molar-refractivity contribution is 0.0628. The summed E-state index contributed by atoms with van der Waals surface area (Å²) in [6.45, 7) is 6.06. The van der Waals surface area contributed by atoms with Crippen molar-refractivity contribution in [3.63, 3.8) is 0 Å². The molecule has 0 aliphatic carbocycles. The van der Waals surface area contributed by atoms with Crippen LogP contribution in [0.4, 0.5) is 5.69 Å². The zero-order valence-corrected chi connectivity index (χ0v) is 19.8. The Labute approximate surface area is 199 Å². The van der Waals surface area contributed by atoms with Gasteiger partial charge in [-0.3, -0.25) is 9.69 Å². The summed E-state index contributed by atoms with van der Waals surface area (Å²) in [6.07, 6.45) is 0. The minimum Gasteiger partial charge on any atom is -0.339 e. The molecule has 1 amide bonds. The molecule has 3 aromatic rings. The highest BCUT2D eigenvalue weighted by Crippen LogP contribution is 2.27. The number of hydrogen-bond donors (Lipinski definition) is 1. The predicted molar refractivity (Wildman–Crippen MR) is 133 cm³/mol. The molecule has 8 heteroatoms. The summed E-state index contributed by atoms with van der Waals surface area (Å²) in [7, 11) is -3.68. The number of hydrogen-bond acceptors (Lipinski definition) is 5. The number of carbonyl (C=O) groups excluding carboxylic acids is 1. The van der Waals surface area contributed by atoms with E-state index in [9.17, 15) is 13.2 Å². The summed E-state index contributed by atoms with van der Waals surface area (Å²) in [4.78, 5) is 17.5. The van der Waals surface area contributed by atoms with Crippen molar-refractivity contribution in [3.8, 4) is 0 Å². The van der Waals surface area contributed by atoms with E-state index in [1.807, 2.05) is 4.90 Å². The van der Waals surface area contributed by atoms with Crippen molar-refractivity contribution in [2.45, 2.75) is 18.4 Å². The number of nitrogens with one attached hydrogen (secondary N) is 1. The molecular weight excluding hydrogens is 448 g/mol. The van der Waals surface area contributed by atoms with Crippen LogP contribution in [0.2, 0.25) is 0 Å². The highest BCUT2D eigenvalue weighted by atomic mass is 32.2. The quantitative estimate of drug-likeness (QED) is 0.626. The average molecular weight is 475 g/mol. The highest BCUT2D eigenvalue weighted by molar-refractivity contribution is 7.90. The number of piperazine rings is 1. The second-order valence-electron chi connectivity index (χ2n) is 8.67. The van der Waals surface area contributed by atoms with E-state index in [1.165, 1.54) is 11.1 Å². The van der Waals surface area contributed by atoms with Crippen molar-refractivity contribution < 1.29 is 13.2 Å². The van der Waals surface area contributed by atoms with Crippen LogP contribution in [0.25, 0.3) is 0 Å². The molecule has 7 nitrogen and oxygen atoms in total. The van der Waals surface area contributed by atoms with E-state index in [1.54, 1.807) is 48.5 Å². The van der Waals surface area contributed by atoms with Crippen LogP contribution in [0.1, 0.15) is 27.0 Å². The van der Waals surface area contributed by atoms with Gasteiger partial charge in [-0.05, 0) is 48.9 Å². The van der Waals surface area contributed by atoms with E-state index in [-0.39, 0.29) is 10.8 Å². The molecule has 1 saturated heterocycles. The maximum atomic E-state index is 13.0. The SMILES string of the molecule is Cc1cccc(CN2CCN(C(=O)c3ccc(NC4=NS(=O)(=O)c5ccccc54)cc3)CC2)c1. The van der Waals surface area contributed by atoms with Crippen LogP contribution in [0.3, 0.4) is 0 Å². The summed E-state index contributed by atoms with van der Waals surface area (Å²) in [6, 6.07) is 22.3. The molecule has 174 valence electrons. The summed E-state index contributed by atoms with van der Waals surface area (Å²) >= 11 is 0. The summed E-state index contributed by atoms with van der Waals surface area (Å²) in [5.74, 6) is 0.298. The van der Waals surface area contributed by atoms with E-state index >= 15 is 0 Å². The van der Waals surface area contributed by atoms with Gasteiger partial charge in [0.15, 0.2) is 5.84 Å². The third-order valence-corrected chi connectivity index (χ3v) is 7.51. The van der Waals surface area contributed by atoms with Crippen molar-refractivity contribution in [2.75, 3.05) is 31.5 Å². The highest BCUT2D eigenvalue weighted by Gasteiger charge is 2.28. The zero-order chi connectivity index (χ0) is 23.7. The Morgan fingerprint density at radius 3 is 2.41 bits per heavy atom. The number of amidine groups is 1. The van der Waals surface area contributed by atoms with Gasteiger partial charge in [-0.25, -0.2) is 0 Å². The van der Waals surface area contributed by atoms with Crippen molar-refractivity contribution in [2.24, 2.45) is 4.40 Å². The molecule has 5 rings (SSSR count). The van der Waals surface area contributed by atoms with Gasteiger partial charge in [-0.15, -0.1) is 4.40 Å². The van der Waals surface area contributed by atoms with Crippen LogP contribution in [0, 0.1) is 6.92 Å². The van der Waals surface area contributed by atoms with Crippen molar-refractivity contribution in [1.29, 1.82) is 0 Å². The third-order valence-electron chi connectivity index (χ3n) is 6.17. The molecule has 0 radical (unpaired) electrons. The molecule has 0 atom stereocenters. The lowest BCUT2D eigenvalue weighted by Crippen LogP contribution is -2.48. The van der Waals surface area contributed by atoms with Crippen molar-refractivity contribution >= 4 is 27.5 Å². The van der Waals surface area contributed by atoms with Crippen LogP contribution in [0.15, 0.2) is 82.1 Å².